The molecule has 0 aliphatic rings. The van der Waals surface area contributed by atoms with E-state index in [0.717, 1.165) is 4.88 Å². The number of nitrogens with one attached hydrogen (secondary N) is 2. The molecule has 0 aliphatic carbocycles. The Bertz CT molecular complexity index is 505. The highest BCUT2D eigenvalue weighted by molar-refractivity contribution is 7.16. The third kappa shape index (κ3) is 5.89. The Morgan fingerprint density at radius 3 is 2.50 bits per heavy atom. The highest BCUT2D eigenvalue weighted by Gasteiger charge is 2.22. The van der Waals surface area contributed by atoms with Crippen LogP contribution >= 0.6 is 22.9 Å². The van der Waals surface area contributed by atoms with Crippen molar-refractivity contribution in [3.63, 3.8) is 0 Å². The fourth-order valence-corrected chi connectivity index (χ4v) is 2.46. The topological polar surface area (TPSA) is 116 Å². The molecule has 2 amide bonds. The maximum absolute atomic E-state index is 11.4. The van der Waals surface area contributed by atoms with Gasteiger partial charge in [-0.05, 0) is 18.6 Å². The summed E-state index contributed by atoms with van der Waals surface area (Å²) in [5.41, 5.74) is 0. The van der Waals surface area contributed by atoms with Crippen LogP contribution in [-0.2, 0) is 16.0 Å². The molecule has 0 bridgehead atoms. The van der Waals surface area contributed by atoms with E-state index in [4.69, 9.17) is 21.8 Å². The molecule has 20 heavy (non-hydrogen) atoms. The minimum Gasteiger partial charge on any atom is -0.481 e. The number of rotatable bonds is 7. The van der Waals surface area contributed by atoms with Crippen molar-refractivity contribution in [2.24, 2.45) is 0 Å². The summed E-state index contributed by atoms with van der Waals surface area (Å²) in [6, 6.07) is 1.40. The number of urea groups is 1. The third-order valence-corrected chi connectivity index (χ3v) is 3.56. The average molecular weight is 321 g/mol. The number of hydrogen-bond donors (Lipinski definition) is 4. The van der Waals surface area contributed by atoms with E-state index in [9.17, 15) is 14.4 Å². The lowest BCUT2D eigenvalue weighted by Gasteiger charge is -2.13. The largest absolute Gasteiger partial charge is 0.481 e. The van der Waals surface area contributed by atoms with Crippen molar-refractivity contribution >= 4 is 40.9 Å². The predicted octanol–water partition coefficient (Wildman–Crippen LogP) is 1.17. The molecule has 0 fully saturated rings. The first-order valence-corrected chi connectivity index (χ1v) is 6.81. The number of aliphatic carboxylic acids is 2. The second kappa shape index (κ2) is 7.71. The summed E-state index contributed by atoms with van der Waals surface area (Å²) in [5, 5.41) is 21.8. The van der Waals surface area contributed by atoms with Crippen LogP contribution in [0.2, 0.25) is 4.34 Å². The standard InChI is InChI=1S/C11H13ClN2O5S/c12-8-2-1-6(20-8)3-4-13-11(19)14-7(10(17)18)5-9(15)16/h1-2,7H,3-5H2,(H,15,16)(H,17,18)(H2,13,14,19). The summed E-state index contributed by atoms with van der Waals surface area (Å²) in [6.45, 7) is 0.294. The number of halogens is 1. The first-order chi connectivity index (χ1) is 9.38. The zero-order valence-electron chi connectivity index (χ0n) is 10.3. The molecule has 1 atom stereocenters. The van der Waals surface area contributed by atoms with E-state index in [2.05, 4.69) is 10.6 Å². The smallest absolute Gasteiger partial charge is 0.326 e. The second-order valence-electron chi connectivity index (χ2n) is 3.84. The summed E-state index contributed by atoms with van der Waals surface area (Å²) >= 11 is 7.14. The van der Waals surface area contributed by atoms with E-state index in [1.54, 1.807) is 6.07 Å². The molecule has 1 rings (SSSR count). The molecule has 1 unspecified atom stereocenters. The van der Waals surface area contributed by atoms with Gasteiger partial charge in [0.05, 0.1) is 10.8 Å². The average Bonchev–Trinajstić information content (AvgIpc) is 2.73. The Morgan fingerprint density at radius 2 is 2.00 bits per heavy atom. The van der Waals surface area contributed by atoms with Gasteiger partial charge in [0.25, 0.3) is 0 Å². The lowest BCUT2D eigenvalue weighted by molar-refractivity contribution is -0.145. The van der Waals surface area contributed by atoms with Crippen LogP contribution in [0.3, 0.4) is 0 Å². The Balaban J connectivity index is 2.34. The van der Waals surface area contributed by atoms with Crippen LogP contribution in [0.1, 0.15) is 11.3 Å². The van der Waals surface area contributed by atoms with Gasteiger partial charge in [0.1, 0.15) is 6.04 Å². The number of thiophene rings is 1. The van der Waals surface area contributed by atoms with E-state index in [1.807, 2.05) is 6.07 Å². The van der Waals surface area contributed by atoms with Gasteiger partial charge in [0.2, 0.25) is 0 Å². The van der Waals surface area contributed by atoms with Gasteiger partial charge < -0.3 is 20.8 Å². The van der Waals surface area contributed by atoms with Crippen LogP contribution < -0.4 is 10.6 Å². The van der Waals surface area contributed by atoms with Crippen molar-refractivity contribution in [1.29, 1.82) is 0 Å². The molecular formula is C11H13ClN2O5S. The zero-order valence-corrected chi connectivity index (χ0v) is 11.8. The lowest BCUT2D eigenvalue weighted by atomic mass is 10.2. The van der Waals surface area contributed by atoms with E-state index >= 15 is 0 Å². The number of carbonyl (C=O) groups is 3. The maximum atomic E-state index is 11.4. The molecule has 7 nitrogen and oxygen atoms in total. The van der Waals surface area contributed by atoms with E-state index in [0.29, 0.717) is 17.3 Å². The monoisotopic (exact) mass is 320 g/mol. The van der Waals surface area contributed by atoms with Crippen molar-refractivity contribution in [2.45, 2.75) is 18.9 Å². The molecule has 0 aromatic carbocycles. The Morgan fingerprint density at radius 1 is 1.30 bits per heavy atom. The Kier molecular flexibility index (Phi) is 6.26. The van der Waals surface area contributed by atoms with Gasteiger partial charge in [0, 0.05) is 11.4 Å². The van der Waals surface area contributed by atoms with E-state index in [-0.39, 0.29) is 0 Å². The van der Waals surface area contributed by atoms with Crippen LogP contribution in [0.5, 0.6) is 0 Å². The molecule has 1 aromatic heterocycles. The van der Waals surface area contributed by atoms with Crippen molar-refractivity contribution in [3.05, 3.63) is 21.3 Å². The summed E-state index contributed by atoms with van der Waals surface area (Å²) < 4.78 is 0.650. The molecule has 110 valence electrons. The number of carbonyl (C=O) groups excluding carboxylic acids is 1. The van der Waals surface area contributed by atoms with Crippen molar-refractivity contribution in [2.75, 3.05) is 6.54 Å². The Hall–Kier alpha value is -1.80. The van der Waals surface area contributed by atoms with Crippen LogP contribution in [0.15, 0.2) is 12.1 Å². The summed E-state index contributed by atoms with van der Waals surface area (Å²) in [4.78, 5) is 33.6. The minimum absolute atomic E-state index is 0.294. The first-order valence-electron chi connectivity index (χ1n) is 5.61. The van der Waals surface area contributed by atoms with Crippen LogP contribution in [0.25, 0.3) is 0 Å². The third-order valence-electron chi connectivity index (χ3n) is 2.27. The molecule has 0 saturated heterocycles. The van der Waals surface area contributed by atoms with Crippen molar-refractivity contribution in [3.8, 4) is 0 Å². The molecule has 1 aromatic rings. The van der Waals surface area contributed by atoms with E-state index < -0.39 is 30.4 Å². The predicted molar refractivity (Wildman–Crippen MR) is 73.2 cm³/mol. The van der Waals surface area contributed by atoms with Crippen LogP contribution in [0, 0.1) is 0 Å². The highest BCUT2D eigenvalue weighted by Crippen LogP contribution is 2.21. The van der Waals surface area contributed by atoms with Crippen molar-refractivity contribution in [1.82, 2.24) is 10.6 Å². The van der Waals surface area contributed by atoms with Gasteiger partial charge >= 0.3 is 18.0 Å². The van der Waals surface area contributed by atoms with Gasteiger partial charge in [-0.25, -0.2) is 9.59 Å². The molecule has 0 spiro atoms. The fourth-order valence-electron chi connectivity index (χ4n) is 1.37. The quantitative estimate of drug-likeness (QED) is 0.602. The normalized spacial score (nSPS) is 11.7. The lowest BCUT2D eigenvalue weighted by Crippen LogP contribution is -2.47. The second-order valence-corrected chi connectivity index (χ2v) is 5.64. The van der Waals surface area contributed by atoms with Gasteiger partial charge in [-0.3, -0.25) is 4.79 Å². The maximum Gasteiger partial charge on any atom is 0.326 e. The summed E-state index contributed by atoms with van der Waals surface area (Å²) in [7, 11) is 0. The highest BCUT2D eigenvalue weighted by atomic mass is 35.5. The number of carboxylic acids is 2. The molecule has 0 saturated carbocycles. The molecule has 1 heterocycles. The fraction of sp³-hybridized carbons (Fsp3) is 0.364. The number of carboxylic acid groups (broad SMARTS) is 2. The van der Waals surface area contributed by atoms with Crippen LogP contribution in [-0.4, -0.2) is 40.8 Å². The number of hydrogen-bond acceptors (Lipinski definition) is 4. The van der Waals surface area contributed by atoms with Gasteiger partial charge in [-0.2, -0.15) is 0 Å². The molecule has 9 heteroatoms. The molecule has 0 aliphatic heterocycles. The molecule has 4 N–H and O–H groups in total. The Labute approximate surface area is 123 Å². The first kappa shape index (κ1) is 16.3. The molecular weight excluding hydrogens is 308 g/mol. The summed E-state index contributed by atoms with van der Waals surface area (Å²) in [6.07, 6.45) is -0.120. The minimum atomic E-state index is -1.45. The zero-order chi connectivity index (χ0) is 15.1. The van der Waals surface area contributed by atoms with Crippen molar-refractivity contribution < 1.29 is 24.6 Å². The van der Waals surface area contributed by atoms with Crippen LogP contribution in [0.4, 0.5) is 4.79 Å². The summed E-state index contributed by atoms with van der Waals surface area (Å²) in [5.74, 6) is -2.70. The van der Waals surface area contributed by atoms with Gasteiger partial charge in [-0.15, -0.1) is 11.3 Å². The number of amides is 2. The molecule has 0 radical (unpaired) electrons. The van der Waals surface area contributed by atoms with Gasteiger partial charge in [0.15, 0.2) is 0 Å². The van der Waals surface area contributed by atoms with E-state index in [1.165, 1.54) is 11.3 Å². The SMILES string of the molecule is O=C(O)CC(NC(=O)NCCc1ccc(Cl)s1)C(=O)O. The van der Waals surface area contributed by atoms with Gasteiger partial charge in [-0.1, -0.05) is 11.6 Å².